The molecule has 0 aliphatic carbocycles. The van der Waals surface area contributed by atoms with Crippen molar-refractivity contribution in [2.75, 3.05) is 32.9 Å². The number of rotatable bonds is 2. The first-order chi connectivity index (χ1) is 12.0. The summed E-state index contributed by atoms with van der Waals surface area (Å²) in [5.41, 5.74) is 6.32. The van der Waals surface area contributed by atoms with E-state index in [1.165, 1.54) is 4.90 Å². The highest BCUT2D eigenvalue weighted by molar-refractivity contribution is 5.98. The Hall–Kier alpha value is -2.44. The van der Waals surface area contributed by atoms with E-state index in [-0.39, 0.29) is 17.9 Å². The number of nitrogens with two attached hydrogens (primary N) is 1. The van der Waals surface area contributed by atoms with Crippen molar-refractivity contribution in [3.8, 4) is 5.75 Å². The number of carbonyl (C=O) groups is 2. The molecule has 2 rings (SSSR count). The minimum Gasteiger partial charge on any atom is -0.485 e. The van der Waals surface area contributed by atoms with E-state index in [0.29, 0.717) is 30.1 Å². The molecule has 1 aromatic rings. The van der Waals surface area contributed by atoms with Gasteiger partial charge in [0.25, 0.3) is 5.91 Å². The molecule has 2 N–H and O–H groups in total. The van der Waals surface area contributed by atoms with Crippen LogP contribution in [0.15, 0.2) is 18.2 Å². The van der Waals surface area contributed by atoms with Gasteiger partial charge in [-0.2, -0.15) is 0 Å². The first-order valence-electron chi connectivity index (χ1n) is 8.74. The molecular formula is C19H29N3O4. The molecule has 7 nitrogen and oxygen atoms in total. The summed E-state index contributed by atoms with van der Waals surface area (Å²) < 4.78 is 11.5. The van der Waals surface area contributed by atoms with Gasteiger partial charge in [-0.25, -0.2) is 4.79 Å². The Morgan fingerprint density at radius 2 is 2.08 bits per heavy atom. The van der Waals surface area contributed by atoms with Crippen molar-refractivity contribution in [1.29, 1.82) is 0 Å². The van der Waals surface area contributed by atoms with Crippen LogP contribution >= 0.6 is 0 Å². The van der Waals surface area contributed by atoms with E-state index in [2.05, 4.69) is 0 Å². The summed E-state index contributed by atoms with van der Waals surface area (Å²) in [5.74, 6) is 0.248. The van der Waals surface area contributed by atoms with Crippen LogP contribution in [-0.4, -0.2) is 60.7 Å². The van der Waals surface area contributed by atoms with Crippen LogP contribution in [0.3, 0.4) is 0 Å². The van der Waals surface area contributed by atoms with Crippen LogP contribution < -0.4 is 10.5 Å². The first-order valence-corrected chi connectivity index (χ1v) is 8.74. The SMILES string of the molecule is C[C@H]1CN(C)C(=O)c2cccc(N)c2O[C@H]1CN(C)C(=O)OC(C)(C)C. The van der Waals surface area contributed by atoms with E-state index in [1.54, 1.807) is 37.2 Å². The highest BCUT2D eigenvalue weighted by Crippen LogP contribution is 2.32. The second kappa shape index (κ2) is 7.43. The Morgan fingerprint density at radius 3 is 2.69 bits per heavy atom. The maximum absolute atomic E-state index is 12.6. The van der Waals surface area contributed by atoms with Gasteiger partial charge in [0.15, 0.2) is 5.75 Å². The Balaban J connectivity index is 2.26. The van der Waals surface area contributed by atoms with Gasteiger partial charge in [0.2, 0.25) is 0 Å². The zero-order valence-electron chi connectivity index (χ0n) is 16.4. The Kier molecular flexibility index (Phi) is 5.68. The van der Waals surface area contributed by atoms with Gasteiger partial charge in [-0.3, -0.25) is 4.79 Å². The van der Waals surface area contributed by atoms with Crippen LogP contribution in [0.25, 0.3) is 0 Å². The van der Waals surface area contributed by atoms with E-state index in [9.17, 15) is 9.59 Å². The molecule has 0 unspecified atom stereocenters. The summed E-state index contributed by atoms with van der Waals surface area (Å²) in [5, 5.41) is 0. The molecular weight excluding hydrogens is 334 g/mol. The summed E-state index contributed by atoms with van der Waals surface area (Å²) in [6.07, 6.45) is -0.743. The van der Waals surface area contributed by atoms with E-state index >= 15 is 0 Å². The van der Waals surface area contributed by atoms with Crippen molar-refractivity contribution in [2.24, 2.45) is 5.92 Å². The third-order valence-corrected chi connectivity index (χ3v) is 4.25. The molecule has 0 bridgehead atoms. The molecule has 144 valence electrons. The van der Waals surface area contributed by atoms with Crippen molar-refractivity contribution < 1.29 is 19.1 Å². The molecule has 26 heavy (non-hydrogen) atoms. The monoisotopic (exact) mass is 363 g/mol. The molecule has 0 saturated carbocycles. The second-order valence-corrected chi connectivity index (χ2v) is 7.90. The number of ether oxygens (including phenoxy) is 2. The summed E-state index contributed by atoms with van der Waals surface area (Å²) in [6.45, 7) is 8.30. The predicted octanol–water partition coefficient (Wildman–Crippen LogP) is 2.60. The number of anilines is 1. The van der Waals surface area contributed by atoms with Crippen LogP contribution in [0.4, 0.5) is 10.5 Å². The van der Waals surface area contributed by atoms with Gasteiger partial charge < -0.3 is 25.0 Å². The summed E-state index contributed by atoms with van der Waals surface area (Å²) >= 11 is 0. The average molecular weight is 363 g/mol. The number of nitrogen functional groups attached to an aromatic ring is 1. The van der Waals surface area contributed by atoms with Crippen LogP contribution in [0.1, 0.15) is 38.1 Å². The fourth-order valence-corrected chi connectivity index (χ4v) is 2.86. The van der Waals surface area contributed by atoms with Gasteiger partial charge in [-0.1, -0.05) is 13.0 Å². The van der Waals surface area contributed by atoms with Gasteiger partial charge in [0.05, 0.1) is 17.8 Å². The van der Waals surface area contributed by atoms with Crippen LogP contribution in [0, 0.1) is 5.92 Å². The van der Waals surface area contributed by atoms with Gasteiger partial charge in [-0.15, -0.1) is 0 Å². The van der Waals surface area contributed by atoms with Crippen molar-refractivity contribution in [3.05, 3.63) is 23.8 Å². The summed E-state index contributed by atoms with van der Waals surface area (Å²) in [7, 11) is 3.43. The van der Waals surface area contributed by atoms with E-state index in [1.807, 2.05) is 27.7 Å². The third kappa shape index (κ3) is 4.59. The van der Waals surface area contributed by atoms with Gasteiger partial charge >= 0.3 is 6.09 Å². The minimum absolute atomic E-state index is 0.00147. The third-order valence-electron chi connectivity index (χ3n) is 4.25. The zero-order chi connectivity index (χ0) is 19.6. The number of likely N-dealkylation sites (N-methyl/N-ethyl adjacent to an activating group) is 1. The van der Waals surface area contributed by atoms with Crippen molar-refractivity contribution >= 4 is 17.7 Å². The molecule has 1 aliphatic heterocycles. The van der Waals surface area contributed by atoms with Crippen molar-refractivity contribution in [2.45, 2.75) is 39.4 Å². The predicted molar refractivity (Wildman–Crippen MR) is 100 cm³/mol. The molecule has 7 heteroatoms. The lowest BCUT2D eigenvalue weighted by molar-refractivity contribution is 0.0152. The number of hydrogen-bond donors (Lipinski definition) is 1. The zero-order valence-corrected chi connectivity index (χ0v) is 16.4. The number of para-hydroxylation sites is 1. The minimum atomic E-state index is -0.567. The van der Waals surface area contributed by atoms with Crippen molar-refractivity contribution in [3.63, 3.8) is 0 Å². The number of benzene rings is 1. The quantitative estimate of drug-likeness (QED) is 0.817. The topological polar surface area (TPSA) is 85.1 Å². The number of hydrogen-bond acceptors (Lipinski definition) is 5. The standard InChI is InChI=1S/C19H29N3O4/c1-12-10-21(5)17(23)13-8-7-9-14(20)16(13)25-15(12)11-22(6)18(24)26-19(2,3)4/h7-9,12,15H,10-11,20H2,1-6H3/t12-,15-/m0/s1. The van der Waals surface area contributed by atoms with Crippen LogP contribution in [0.2, 0.25) is 0 Å². The molecule has 0 saturated heterocycles. The van der Waals surface area contributed by atoms with Crippen LogP contribution in [0.5, 0.6) is 5.75 Å². The molecule has 2 amide bonds. The Bertz CT molecular complexity index is 684. The number of fused-ring (bicyclic) bond motifs is 1. The fourth-order valence-electron chi connectivity index (χ4n) is 2.86. The largest absolute Gasteiger partial charge is 0.485 e. The van der Waals surface area contributed by atoms with E-state index in [0.717, 1.165) is 0 Å². The Morgan fingerprint density at radius 1 is 1.42 bits per heavy atom. The van der Waals surface area contributed by atoms with E-state index < -0.39 is 11.7 Å². The summed E-state index contributed by atoms with van der Waals surface area (Å²) in [6, 6.07) is 5.14. The number of carbonyl (C=O) groups excluding carboxylic acids is 2. The highest BCUT2D eigenvalue weighted by atomic mass is 16.6. The maximum Gasteiger partial charge on any atom is 0.410 e. The van der Waals surface area contributed by atoms with E-state index in [4.69, 9.17) is 15.2 Å². The van der Waals surface area contributed by atoms with Crippen LogP contribution in [-0.2, 0) is 4.74 Å². The summed E-state index contributed by atoms with van der Waals surface area (Å²) in [4.78, 5) is 28.0. The normalized spacial score (nSPS) is 20.5. The molecule has 1 heterocycles. The molecule has 2 atom stereocenters. The fraction of sp³-hybridized carbons (Fsp3) is 0.579. The van der Waals surface area contributed by atoms with Gasteiger partial charge in [0, 0.05) is 26.6 Å². The molecule has 1 aliphatic rings. The lowest BCUT2D eigenvalue weighted by atomic mass is 10.0. The maximum atomic E-state index is 12.6. The molecule has 0 radical (unpaired) electrons. The molecule has 0 fully saturated rings. The number of amides is 2. The molecule has 1 aromatic carbocycles. The average Bonchev–Trinajstić information content (AvgIpc) is 2.52. The Labute approximate surface area is 155 Å². The number of nitrogens with zero attached hydrogens (tertiary/aromatic N) is 2. The van der Waals surface area contributed by atoms with Crippen molar-refractivity contribution in [1.82, 2.24) is 9.80 Å². The molecule has 0 aromatic heterocycles. The highest BCUT2D eigenvalue weighted by Gasteiger charge is 2.32. The first kappa shape index (κ1) is 19.9. The van der Waals surface area contributed by atoms with Gasteiger partial charge in [0.1, 0.15) is 11.7 Å². The lowest BCUT2D eigenvalue weighted by Crippen LogP contribution is -2.47. The second-order valence-electron chi connectivity index (χ2n) is 7.90. The lowest BCUT2D eigenvalue weighted by Gasteiger charge is -2.35. The smallest absolute Gasteiger partial charge is 0.410 e. The van der Waals surface area contributed by atoms with Gasteiger partial charge in [-0.05, 0) is 32.9 Å². The molecule has 0 spiro atoms.